The maximum atomic E-state index is 14.5. The number of allylic oxidation sites excluding steroid dienone is 6. The van der Waals surface area contributed by atoms with Crippen molar-refractivity contribution in [3.8, 4) is 0 Å². The Hall–Kier alpha value is -3.41. The van der Waals surface area contributed by atoms with Crippen LogP contribution in [0.1, 0.15) is 126 Å². The van der Waals surface area contributed by atoms with Crippen molar-refractivity contribution in [1.29, 1.82) is 0 Å². The first kappa shape index (κ1) is 57.2. The molecule has 15 heteroatoms. The third-order valence-corrected chi connectivity index (χ3v) is 14.9. The molecule has 1 amide bonds. The maximum absolute atomic E-state index is 14.5. The van der Waals surface area contributed by atoms with E-state index < -0.39 is 77.8 Å². The van der Waals surface area contributed by atoms with E-state index >= 15 is 0 Å². The maximum Gasteiger partial charge on any atom is 0.329 e. The largest absolute Gasteiger partial charge is 0.460 e. The molecule has 2 saturated heterocycles. The van der Waals surface area contributed by atoms with Crippen molar-refractivity contribution in [1.82, 2.24) is 4.90 Å². The lowest BCUT2D eigenvalue weighted by Crippen LogP contribution is -2.61. The van der Waals surface area contributed by atoms with Gasteiger partial charge in [-0.25, -0.2) is 4.79 Å². The Bertz CT molecular complexity index is 1810. The minimum atomic E-state index is -2.43. The van der Waals surface area contributed by atoms with Gasteiger partial charge in [-0.15, -0.1) is 0 Å². The molecule has 15 atom stereocenters. The summed E-state index contributed by atoms with van der Waals surface area (Å²) in [6, 6.07) is -1.14. The fourth-order valence-corrected chi connectivity index (χ4v) is 10.5. The van der Waals surface area contributed by atoms with Crippen molar-refractivity contribution in [3.05, 3.63) is 47.6 Å². The summed E-state index contributed by atoms with van der Waals surface area (Å²) in [7, 11) is 4.58. The summed E-state index contributed by atoms with van der Waals surface area (Å²) in [4.78, 5) is 72.1. The number of hydrogen-bond donors (Lipinski definition) is 3. The zero-order valence-electron chi connectivity index (χ0n) is 42.4. The van der Waals surface area contributed by atoms with Crippen molar-refractivity contribution in [3.63, 3.8) is 0 Å². The van der Waals surface area contributed by atoms with Gasteiger partial charge in [-0.05, 0) is 107 Å². The van der Waals surface area contributed by atoms with Crippen LogP contribution in [0.25, 0.3) is 0 Å². The Morgan fingerprint density at radius 2 is 1.59 bits per heavy atom. The number of ketones is 3. The molecule has 0 spiro atoms. The highest BCUT2D eigenvalue weighted by Crippen LogP contribution is 2.38. The third-order valence-electron chi connectivity index (χ3n) is 14.9. The molecule has 3 heterocycles. The molecule has 4 aliphatic rings. The predicted molar refractivity (Wildman–Crippen MR) is 256 cm³/mol. The number of cyclic esters (lactones) is 1. The van der Waals surface area contributed by atoms with Gasteiger partial charge in [0.15, 0.2) is 5.78 Å². The molecule has 0 aromatic rings. The average molecular weight is 958 g/mol. The molecule has 1 saturated carbocycles. The number of piperidine rings is 1. The Labute approximate surface area is 405 Å². The molecule has 3 N–H and O–H groups in total. The van der Waals surface area contributed by atoms with E-state index in [0.717, 1.165) is 12.0 Å². The molecule has 1 aliphatic carbocycles. The highest BCUT2D eigenvalue weighted by atomic mass is 16.6. The first-order chi connectivity index (χ1) is 32.3. The minimum absolute atomic E-state index is 0.0158. The van der Waals surface area contributed by atoms with Gasteiger partial charge in [0.05, 0.1) is 37.6 Å². The van der Waals surface area contributed by atoms with Crippen LogP contribution in [-0.2, 0) is 52.4 Å². The lowest BCUT2D eigenvalue weighted by atomic mass is 9.78. The van der Waals surface area contributed by atoms with Crippen molar-refractivity contribution in [2.75, 3.05) is 41.1 Å². The number of rotatable bonds is 9. The molecule has 2 bridgehead atoms. The molecular formula is C53H83NO14. The lowest BCUT2D eigenvalue weighted by Gasteiger charge is -2.42. The van der Waals surface area contributed by atoms with Gasteiger partial charge in [0, 0.05) is 58.5 Å². The number of aliphatic hydroxyl groups is 3. The summed E-state index contributed by atoms with van der Waals surface area (Å²) in [5, 5.41) is 32.8. The van der Waals surface area contributed by atoms with Gasteiger partial charge in [0.25, 0.3) is 11.7 Å². The van der Waals surface area contributed by atoms with Gasteiger partial charge < -0.3 is 48.6 Å². The quantitative estimate of drug-likeness (QED) is 0.134. The molecular weight excluding hydrogens is 875 g/mol. The van der Waals surface area contributed by atoms with Gasteiger partial charge in [0.2, 0.25) is 5.79 Å². The van der Waals surface area contributed by atoms with Gasteiger partial charge in [0.1, 0.15) is 30.1 Å². The van der Waals surface area contributed by atoms with Crippen LogP contribution < -0.4 is 0 Å². The molecule has 0 radical (unpaired) electrons. The number of amides is 1. The number of esters is 1. The van der Waals surface area contributed by atoms with E-state index in [2.05, 4.69) is 0 Å². The molecule has 0 aromatic heterocycles. The zero-order chi connectivity index (χ0) is 50.3. The first-order valence-electron chi connectivity index (χ1n) is 25.0. The van der Waals surface area contributed by atoms with E-state index in [1.807, 2.05) is 58.1 Å². The van der Waals surface area contributed by atoms with E-state index in [0.29, 0.717) is 63.4 Å². The van der Waals surface area contributed by atoms with Crippen LogP contribution in [-0.4, -0.2) is 145 Å². The van der Waals surface area contributed by atoms with Crippen LogP contribution in [0.4, 0.5) is 0 Å². The van der Waals surface area contributed by atoms with Gasteiger partial charge in [-0.3, -0.25) is 19.2 Å². The number of carbonyl (C=O) groups is 5. The van der Waals surface area contributed by atoms with Crippen molar-refractivity contribution in [2.24, 2.45) is 35.5 Å². The number of Topliss-reactive ketones (excluding diaryl/α,β-unsaturated/α-hetero) is 3. The highest BCUT2D eigenvalue weighted by Gasteiger charge is 2.53. The Kier molecular flexibility index (Phi) is 22.9. The minimum Gasteiger partial charge on any atom is -0.460 e. The summed E-state index contributed by atoms with van der Waals surface area (Å²) in [5.41, 5.74) is 1.26. The summed E-state index contributed by atoms with van der Waals surface area (Å²) >= 11 is 0. The summed E-state index contributed by atoms with van der Waals surface area (Å²) in [6.45, 7) is 12.9. The molecule has 0 aromatic carbocycles. The van der Waals surface area contributed by atoms with Crippen LogP contribution in [0.2, 0.25) is 0 Å². The molecule has 2 unspecified atom stereocenters. The Morgan fingerprint density at radius 3 is 2.26 bits per heavy atom. The lowest BCUT2D eigenvalue weighted by molar-refractivity contribution is -0.265. The summed E-state index contributed by atoms with van der Waals surface area (Å²) in [6.07, 6.45) is 12.0. The SMILES string of the molecule is CO[C@H]1CC2CC[C@@H](C)[C@@](O)(O2)C(=O)C(=O)N2CCCC[C@H]2C(=O)O[C@H]([C@@H](C)C[C@@H]2CC[C@@H](OCCO)[C@H](OC)C2)CC(=O)[C@H](C)/C=C(\C)[C@@H](O)[C@@H](OC)C(=O)[C@H](C)CC(C)/C=C/C=C/C=C/1C. The highest BCUT2D eigenvalue weighted by molar-refractivity contribution is 6.39. The number of ether oxygens (including phenoxy) is 6. The second-order valence-electron chi connectivity index (χ2n) is 20.2. The molecule has 384 valence electrons. The van der Waals surface area contributed by atoms with Gasteiger partial charge in [-0.2, -0.15) is 0 Å². The predicted octanol–water partition coefficient (Wildman–Crippen LogP) is 6.20. The van der Waals surface area contributed by atoms with Crippen LogP contribution in [0.3, 0.4) is 0 Å². The Balaban J connectivity index is 1.70. The van der Waals surface area contributed by atoms with Gasteiger partial charge >= 0.3 is 5.97 Å². The average Bonchev–Trinajstić information content (AvgIpc) is 3.32. The topological polar surface area (TPSA) is 205 Å². The van der Waals surface area contributed by atoms with Crippen LogP contribution in [0, 0.1) is 35.5 Å². The van der Waals surface area contributed by atoms with E-state index in [1.165, 1.54) is 12.0 Å². The number of methoxy groups -OCH3 is 3. The molecule has 68 heavy (non-hydrogen) atoms. The Morgan fingerprint density at radius 1 is 0.853 bits per heavy atom. The number of carbonyl (C=O) groups excluding carboxylic acids is 5. The smallest absolute Gasteiger partial charge is 0.329 e. The van der Waals surface area contributed by atoms with Crippen molar-refractivity contribution >= 4 is 29.2 Å². The second-order valence-corrected chi connectivity index (χ2v) is 20.2. The van der Waals surface area contributed by atoms with Crippen LogP contribution in [0.5, 0.6) is 0 Å². The molecule has 4 rings (SSSR count). The number of fused-ring (bicyclic) bond motifs is 3. The normalized spacial score (nSPS) is 39.2. The molecule has 15 nitrogen and oxygen atoms in total. The first-order valence-corrected chi connectivity index (χ1v) is 25.0. The number of hydrogen-bond acceptors (Lipinski definition) is 14. The van der Waals surface area contributed by atoms with E-state index in [1.54, 1.807) is 41.1 Å². The van der Waals surface area contributed by atoms with Crippen molar-refractivity contribution in [2.45, 2.75) is 180 Å². The summed E-state index contributed by atoms with van der Waals surface area (Å²) in [5.74, 6) is -7.96. The van der Waals surface area contributed by atoms with E-state index in [4.69, 9.17) is 28.4 Å². The van der Waals surface area contributed by atoms with Crippen LogP contribution in [0.15, 0.2) is 47.6 Å². The van der Waals surface area contributed by atoms with Crippen LogP contribution >= 0.6 is 0 Å². The fourth-order valence-electron chi connectivity index (χ4n) is 10.5. The monoisotopic (exact) mass is 958 g/mol. The van der Waals surface area contributed by atoms with Crippen molar-refractivity contribution < 1.29 is 67.7 Å². The number of aliphatic hydroxyl groups excluding tert-OH is 2. The van der Waals surface area contributed by atoms with Gasteiger partial charge in [-0.1, -0.05) is 71.1 Å². The fraction of sp³-hybridized carbons (Fsp3) is 0.755. The number of nitrogens with zero attached hydrogens (tertiary/aromatic N) is 1. The molecule has 3 fully saturated rings. The molecule has 3 aliphatic heterocycles. The standard InChI is InChI=1S/C53H83NO14/c1-32-16-12-11-13-17-33(2)44(63-8)30-40-21-19-38(7)53(62,68-40)50(59)51(60)54-23-15-14-18-41(54)52(61)67-45(35(4)28-39-20-22-43(66-25-24-55)46(29-39)64-9)31-42(56)34(3)27-37(6)48(58)49(65-10)47(57)36(5)26-32/h11-13,16-17,27,32,34-36,38-41,43-46,48-49,55,58,62H,14-15,18-26,28-31H2,1-10H3/b13-11+,16-12+,33-17+,37-27+/t32?,34-,35+,36-,38-,39+,40?,41+,43-,44+,45+,46-,48-,49+,53-/m1/s1. The third kappa shape index (κ3) is 15.3. The van der Waals surface area contributed by atoms with E-state index in [9.17, 15) is 39.3 Å². The summed E-state index contributed by atoms with van der Waals surface area (Å²) < 4.78 is 35.6. The zero-order valence-corrected chi connectivity index (χ0v) is 42.4. The van der Waals surface area contributed by atoms with E-state index in [-0.39, 0.29) is 74.1 Å². The second kappa shape index (κ2) is 27.3.